The summed E-state index contributed by atoms with van der Waals surface area (Å²) in [7, 11) is 0. The Kier molecular flexibility index (Phi) is 6.32. The average molecular weight is 439 g/mol. The Hall–Kier alpha value is -3.13. The maximum atomic E-state index is 12.5. The van der Waals surface area contributed by atoms with E-state index in [1.807, 2.05) is 63.2 Å². The van der Waals surface area contributed by atoms with Crippen LogP contribution in [0.2, 0.25) is 0 Å². The lowest BCUT2D eigenvalue weighted by Crippen LogP contribution is -2.36. The lowest BCUT2D eigenvalue weighted by molar-refractivity contribution is 0.0221. The number of fused-ring (bicyclic) bond motifs is 1. The third-order valence-electron chi connectivity index (χ3n) is 5.36. The Labute approximate surface area is 187 Å². The monoisotopic (exact) mass is 438 g/mol. The molecule has 1 amide bonds. The fourth-order valence-electron chi connectivity index (χ4n) is 3.94. The van der Waals surface area contributed by atoms with Crippen molar-refractivity contribution in [1.29, 1.82) is 0 Å². The van der Waals surface area contributed by atoms with E-state index in [0.717, 1.165) is 29.4 Å². The number of amides is 1. The number of carbonyl (C=O) groups is 1. The van der Waals surface area contributed by atoms with Crippen molar-refractivity contribution in [3.05, 3.63) is 54.4 Å². The largest absolute Gasteiger partial charge is 0.490 e. The summed E-state index contributed by atoms with van der Waals surface area (Å²) < 4.78 is 13.0. The van der Waals surface area contributed by atoms with Crippen molar-refractivity contribution < 1.29 is 19.4 Å². The standard InChI is InChI=1S/C24H30N4O4/c1-24(2,3)32-23(30)28-13-7-11-21(28)20-15-27(26-25-20)14-18(29)16-31-22-12-6-9-17-8-4-5-10-19(17)22/h4-6,8-10,12,15,18,21,29H,7,11,13-14,16H2,1-3H3/t18?,21-/m0/s1. The fourth-order valence-corrected chi connectivity index (χ4v) is 3.94. The highest BCUT2D eigenvalue weighted by molar-refractivity contribution is 5.88. The van der Waals surface area contributed by atoms with Crippen LogP contribution in [0.15, 0.2) is 48.7 Å². The first-order chi connectivity index (χ1) is 15.3. The predicted octanol–water partition coefficient (Wildman–Crippen LogP) is 3.94. The van der Waals surface area contributed by atoms with Gasteiger partial charge < -0.3 is 14.6 Å². The number of nitrogens with zero attached hydrogens (tertiary/aromatic N) is 4. The molecular formula is C24H30N4O4. The summed E-state index contributed by atoms with van der Waals surface area (Å²) in [5.41, 5.74) is 0.159. The molecule has 32 heavy (non-hydrogen) atoms. The van der Waals surface area contributed by atoms with Gasteiger partial charge >= 0.3 is 6.09 Å². The van der Waals surface area contributed by atoms with Gasteiger partial charge in [0.2, 0.25) is 0 Å². The van der Waals surface area contributed by atoms with Crippen LogP contribution >= 0.6 is 0 Å². The van der Waals surface area contributed by atoms with E-state index in [1.165, 1.54) is 0 Å². The van der Waals surface area contributed by atoms with Gasteiger partial charge in [0.05, 0.1) is 18.8 Å². The SMILES string of the molecule is CC(C)(C)OC(=O)N1CCC[C@H]1c1cn(CC(O)COc2cccc3ccccc23)nn1. The van der Waals surface area contributed by atoms with Crippen molar-refractivity contribution in [1.82, 2.24) is 19.9 Å². The number of likely N-dealkylation sites (tertiary alicyclic amines) is 1. The van der Waals surface area contributed by atoms with Gasteiger partial charge in [-0.1, -0.05) is 41.6 Å². The van der Waals surface area contributed by atoms with Crippen molar-refractivity contribution in [2.24, 2.45) is 0 Å². The van der Waals surface area contributed by atoms with E-state index < -0.39 is 11.7 Å². The van der Waals surface area contributed by atoms with Crippen LogP contribution in [-0.4, -0.2) is 56.0 Å². The molecule has 2 aromatic carbocycles. The number of benzene rings is 2. The smallest absolute Gasteiger partial charge is 0.410 e. The molecular weight excluding hydrogens is 408 g/mol. The molecule has 1 aliphatic heterocycles. The van der Waals surface area contributed by atoms with Gasteiger partial charge in [-0.15, -0.1) is 5.10 Å². The van der Waals surface area contributed by atoms with Crippen molar-refractivity contribution in [3.63, 3.8) is 0 Å². The Bertz CT molecular complexity index is 1070. The van der Waals surface area contributed by atoms with Gasteiger partial charge in [0.25, 0.3) is 0 Å². The van der Waals surface area contributed by atoms with Gasteiger partial charge in [-0.25, -0.2) is 9.48 Å². The molecule has 0 radical (unpaired) electrons. The number of ether oxygens (including phenoxy) is 2. The first kappa shape index (κ1) is 22.1. The molecule has 4 rings (SSSR count). The maximum absolute atomic E-state index is 12.5. The molecule has 1 aromatic heterocycles. The highest BCUT2D eigenvalue weighted by Gasteiger charge is 2.34. The van der Waals surface area contributed by atoms with Crippen LogP contribution in [-0.2, 0) is 11.3 Å². The number of carbonyl (C=O) groups excluding carboxylic acids is 1. The summed E-state index contributed by atoms with van der Waals surface area (Å²) in [5.74, 6) is 0.736. The van der Waals surface area contributed by atoms with Crippen LogP contribution in [0, 0.1) is 0 Å². The van der Waals surface area contributed by atoms with Gasteiger partial charge in [0, 0.05) is 11.9 Å². The average Bonchev–Trinajstić information content (AvgIpc) is 3.40. The van der Waals surface area contributed by atoms with Crippen LogP contribution in [0.25, 0.3) is 10.8 Å². The highest BCUT2D eigenvalue weighted by Crippen LogP contribution is 2.32. The molecule has 8 nitrogen and oxygen atoms in total. The first-order valence-corrected chi connectivity index (χ1v) is 11.0. The molecule has 1 saturated heterocycles. The minimum atomic E-state index is -0.756. The highest BCUT2D eigenvalue weighted by atomic mass is 16.6. The van der Waals surface area contributed by atoms with Gasteiger partial charge in [0.15, 0.2) is 0 Å². The third kappa shape index (κ3) is 5.19. The Morgan fingerprint density at radius 1 is 1.22 bits per heavy atom. The summed E-state index contributed by atoms with van der Waals surface area (Å²) in [6.45, 7) is 6.58. The summed E-state index contributed by atoms with van der Waals surface area (Å²) in [5, 5.41) is 21.0. The molecule has 1 fully saturated rings. The van der Waals surface area contributed by atoms with E-state index in [9.17, 15) is 9.90 Å². The van der Waals surface area contributed by atoms with E-state index in [4.69, 9.17) is 9.47 Å². The van der Waals surface area contributed by atoms with Crippen molar-refractivity contribution in [3.8, 4) is 5.75 Å². The second-order valence-electron chi connectivity index (χ2n) is 9.14. The summed E-state index contributed by atoms with van der Waals surface area (Å²) in [6.07, 6.45) is 2.39. The molecule has 3 aromatic rings. The van der Waals surface area contributed by atoms with Gasteiger partial charge in [-0.2, -0.15) is 0 Å². The molecule has 8 heteroatoms. The lowest BCUT2D eigenvalue weighted by atomic mass is 10.1. The van der Waals surface area contributed by atoms with Crippen LogP contribution in [0.4, 0.5) is 4.79 Å². The quantitative estimate of drug-likeness (QED) is 0.627. The van der Waals surface area contributed by atoms with Crippen LogP contribution in [0.5, 0.6) is 5.75 Å². The molecule has 0 spiro atoms. The second-order valence-corrected chi connectivity index (χ2v) is 9.14. The zero-order valence-electron chi connectivity index (χ0n) is 18.8. The molecule has 1 unspecified atom stereocenters. The molecule has 0 aliphatic carbocycles. The number of aliphatic hydroxyl groups is 1. The van der Waals surface area contributed by atoms with E-state index in [1.54, 1.807) is 15.8 Å². The van der Waals surface area contributed by atoms with Gasteiger partial charge in [-0.05, 0) is 45.1 Å². The summed E-state index contributed by atoms with van der Waals surface area (Å²) in [6, 6.07) is 13.7. The number of hydrogen-bond donors (Lipinski definition) is 1. The van der Waals surface area contributed by atoms with Crippen molar-refractivity contribution >= 4 is 16.9 Å². The van der Waals surface area contributed by atoms with Gasteiger partial charge in [-0.3, -0.25) is 4.90 Å². The number of aromatic nitrogens is 3. The maximum Gasteiger partial charge on any atom is 0.410 e. The zero-order chi connectivity index (χ0) is 22.7. The fraction of sp³-hybridized carbons (Fsp3) is 0.458. The topological polar surface area (TPSA) is 89.7 Å². The van der Waals surface area contributed by atoms with E-state index in [0.29, 0.717) is 12.2 Å². The third-order valence-corrected chi connectivity index (χ3v) is 5.36. The minimum absolute atomic E-state index is 0.136. The first-order valence-electron chi connectivity index (χ1n) is 11.0. The molecule has 1 N–H and O–H groups in total. The lowest BCUT2D eigenvalue weighted by Gasteiger charge is -2.27. The minimum Gasteiger partial charge on any atom is -0.490 e. The zero-order valence-corrected chi connectivity index (χ0v) is 18.8. The Balaban J connectivity index is 1.36. The van der Waals surface area contributed by atoms with E-state index in [-0.39, 0.29) is 25.3 Å². The molecule has 0 saturated carbocycles. The Morgan fingerprint density at radius 2 is 2.00 bits per heavy atom. The number of aliphatic hydroxyl groups excluding tert-OH is 1. The normalized spacial score (nSPS) is 17.5. The molecule has 2 heterocycles. The van der Waals surface area contributed by atoms with Crippen molar-refractivity contribution in [2.45, 2.75) is 57.9 Å². The van der Waals surface area contributed by atoms with E-state index in [2.05, 4.69) is 10.3 Å². The molecule has 0 bridgehead atoms. The summed E-state index contributed by atoms with van der Waals surface area (Å²) >= 11 is 0. The van der Waals surface area contributed by atoms with Crippen LogP contribution < -0.4 is 4.74 Å². The number of hydrogen-bond acceptors (Lipinski definition) is 6. The van der Waals surface area contributed by atoms with Crippen LogP contribution in [0.3, 0.4) is 0 Å². The number of rotatable bonds is 6. The molecule has 2 atom stereocenters. The van der Waals surface area contributed by atoms with E-state index >= 15 is 0 Å². The van der Waals surface area contributed by atoms with Crippen molar-refractivity contribution in [2.75, 3.05) is 13.2 Å². The van der Waals surface area contributed by atoms with Gasteiger partial charge in [0.1, 0.15) is 29.8 Å². The van der Waals surface area contributed by atoms with Crippen LogP contribution in [0.1, 0.15) is 45.3 Å². The molecule has 1 aliphatic rings. The Morgan fingerprint density at radius 3 is 2.81 bits per heavy atom. The molecule has 170 valence electrons. The second kappa shape index (κ2) is 9.16. The predicted molar refractivity (Wildman–Crippen MR) is 120 cm³/mol. The summed E-state index contributed by atoms with van der Waals surface area (Å²) in [4.78, 5) is 14.2.